The van der Waals surface area contributed by atoms with Crippen LogP contribution in [-0.2, 0) is 20.8 Å². The lowest BCUT2D eigenvalue weighted by Crippen LogP contribution is -2.54. The van der Waals surface area contributed by atoms with Crippen LogP contribution < -0.4 is 5.32 Å². The van der Waals surface area contributed by atoms with E-state index in [0.717, 1.165) is 27.9 Å². The van der Waals surface area contributed by atoms with Crippen LogP contribution in [0.25, 0.3) is 0 Å². The lowest BCUT2D eigenvalue weighted by atomic mass is 10.1. The third-order valence-electron chi connectivity index (χ3n) is 4.44. The standard InChI is InChI=1S/C18H23N3O5S2/c22-16(15-19-6-9-28-15)21(26-18(25)20-7-10-27-11-8-20)14(17(23)24)12-13-4-2-1-3-5-13/h1-5,14-15,19H,6-12H2,(H,23,24)/t14-,15-/m0/s1. The summed E-state index contributed by atoms with van der Waals surface area (Å²) in [6, 6.07) is 7.69. The number of nitrogens with one attached hydrogen (secondary N) is 1. The molecule has 2 N–H and O–H groups in total. The summed E-state index contributed by atoms with van der Waals surface area (Å²) in [6.07, 6.45) is -0.640. The molecule has 2 atom stereocenters. The van der Waals surface area contributed by atoms with Gasteiger partial charge in [0, 0.05) is 43.3 Å². The van der Waals surface area contributed by atoms with Crippen molar-refractivity contribution in [2.45, 2.75) is 17.8 Å². The van der Waals surface area contributed by atoms with Gasteiger partial charge in [-0.3, -0.25) is 10.1 Å². The van der Waals surface area contributed by atoms with Gasteiger partial charge in [-0.2, -0.15) is 16.8 Å². The predicted molar refractivity (Wildman–Crippen MR) is 108 cm³/mol. The molecular weight excluding hydrogens is 402 g/mol. The minimum Gasteiger partial charge on any atom is -0.480 e. The van der Waals surface area contributed by atoms with Gasteiger partial charge in [0.25, 0.3) is 5.91 Å². The molecule has 0 radical (unpaired) electrons. The highest BCUT2D eigenvalue weighted by Crippen LogP contribution is 2.21. The molecule has 28 heavy (non-hydrogen) atoms. The van der Waals surface area contributed by atoms with E-state index in [0.29, 0.717) is 19.6 Å². The van der Waals surface area contributed by atoms with Crippen molar-refractivity contribution in [2.75, 3.05) is 36.9 Å². The summed E-state index contributed by atoms with van der Waals surface area (Å²) in [5, 5.41) is 12.9. The number of aliphatic carboxylic acids is 1. The van der Waals surface area contributed by atoms with E-state index in [2.05, 4.69) is 5.32 Å². The van der Waals surface area contributed by atoms with Gasteiger partial charge in [-0.15, -0.1) is 11.8 Å². The van der Waals surface area contributed by atoms with E-state index < -0.39 is 29.4 Å². The number of carbonyl (C=O) groups is 3. The highest BCUT2D eigenvalue weighted by atomic mass is 32.2. The maximum atomic E-state index is 13.0. The Kier molecular flexibility index (Phi) is 7.46. The van der Waals surface area contributed by atoms with Gasteiger partial charge in [0.2, 0.25) is 0 Å². The number of thioether (sulfide) groups is 2. The molecule has 3 rings (SSSR count). The molecule has 0 saturated carbocycles. The number of carbonyl (C=O) groups excluding carboxylic acids is 2. The molecule has 1 aromatic rings. The van der Waals surface area contributed by atoms with Crippen LogP contribution in [0.2, 0.25) is 0 Å². The number of hydroxylamine groups is 2. The zero-order valence-corrected chi connectivity index (χ0v) is 16.9. The first kappa shape index (κ1) is 20.8. The van der Waals surface area contributed by atoms with Crippen LogP contribution in [0, 0.1) is 0 Å². The molecule has 2 saturated heterocycles. The lowest BCUT2D eigenvalue weighted by Gasteiger charge is -2.32. The third-order valence-corrected chi connectivity index (χ3v) is 6.53. The Balaban J connectivity index is 1.80. The van der Waals surface area contributed by atoms with Crippen LogP contribution in [0.5, 0.6) is 0 Å². The van der Waals surface area contributed by atoms with Gasteiger partial charge < -0.3 is 14.8 Å². The van der Waals surface area contributed by atoms with Crippen molar-refractivity contribution in [2.24, 2.45) is 0 Å². The maximum Gasteiger partial charge on any atom is 0.434 e. The first-order chi connectivity index (χ1) is 13.6. The van der Waals surface area contributed by atoms with Crippen LogP contribution in [0.3, 0.4) is 0 Å². The Morgan fingerprint density at radius 3 is 2.54 bits per heavy atom. The van der Waals surface area contributed by atoms with E-state index in [1.807, 2.05) is 6.07 Å². The Hall–Kier alpha value is -1.91. The Labute approximate surface area is 171 Å². The first-order valence-electron chi connectivity index (χ1n) is 9.05. The molecule has 0 aliphatic carbocycles. The monoisotopic (exact) mass is 425 g/mol. The van der Waals surface area contributed by atoms with E-state index in [1.54, 1.807) is 36.0 Å². The SMILES string of the molecule is O=C(O)[C@H](Cc1ccccc1)N(OC(=O)N1CCSCC1)C(=O)[C@H]1NCCS1. The van der Waals surface area contributed by atoms with Crippen LogP contribution in [0.1, 0.15) is 5.56 Å². The topological polar surface area (TPSA) is 99.2 Å². The fraction of sp³-hybridized carbons (Fsp3) is 0.500. The second-order valence-electron chi connectivity index (χ2n) is 6.37. The second-order valence-corrected chi connectivity index (χ2v) is 8.81. The molecule has 0 unspecified atom stereocenters. The van der Waals surface area contributed by atoms with Crippen molar-refractivity contribution in [3.8, 4) is 0 Å². The van der Waals surface area contributed by atoms with E-state index in [4.69, 9.17) is 4.84 Å². The number of hydrogen-bond acceptors (Lipinski definition) is 7. The Bertz CT molecular complexity index is 694. The molecule has 0 bridgehead atoms. The zero-order valence-electron chi connectivity index (χ0n) is 15.3. The molecule has 10 heteroatoms. The van der Waals surface area contributed by atoms with Crippen molar-refractivity contribution in [1.82, 2.24) is 15.3 Å². The van der Waals surface area contributed by atoms with Gasteiger partial charge in [-0.05, 0) is 5.56 Å². The molecule has 8 nitrogen and oxygen atoms in total. The van der Waals surface area contributed by atoms with Crippen molar-refractivity contribution >= 4 is 41.5 Å². The van der Waals surface area contributed by atoms with Crippen molar-refractivity contribution in [3.63, 3.8) is 0 Å². The molecule has 2 heterocycles. The summed E-state index contributed by atoms with van der Waals surface area (Å²) in [6.45, 7) is 1.67. The quantitative estimate of drug-likeness (QED) is 0.681. The van der Waals surface area contributed by atoms with Gasteiger partial charge >= 0.3 is 12.1 Å². The van der Waals surface area contributed by atoms with Gasteiger partial charge in [0.1, 0.15) is 5.37 Å². The van der Waals surface area contributed by atoms with E-state index in [1.165, 1.54) is 16.7 Å². The molecule has 2 aliphatic rings. The van der Waals surface area contributed by atoms with Crippen LogP contribution in [0.4, 0.5) is 4.79 Å². The van der Waals surface area contributed by atoms with Gasteiger partial charge in [0.05, 0.1) is 0 Å². The molecule has 2 amide bonds. The summed E-state index contributed by atoms with van der Waals surface area (Å²) in [7, 11) is 0. The second kappa shape index (κ2) is 10.0. The molecule has 2 aliphatic heterocycles. The maximum absolute atomic E-state index is 13.0. The molecule has 0 spiro atoms. The summed E-state index contributed by atoms with van der Waals surface area (Å²) in [5.74, 6) is 0.538. The first-order valence-corrected chi connectivity index (χ1v) is 11.3. The van der Waals surface area contributed by atoms with E-state index >= 15 is 0 Å². The van der Waals surface area contributed by atoms with Crippen molar-refractivity contribution in [1.29, 1.82) is 0 Å². The highest BCUT2D eigenvalue weighted by molar-refractivity contribution is 8.00. The van der Waals surface area contributed by atoms with Gasteiger partial charge in [-0.25, -0.2) is 9.59 Å². The number of carboxylic acid groups (broad SMARTS) is 1. The van der Waals surface area contributed by atoms with Crippen molar-refractivity contribution < 1.29 is 24.3 Å². The summed E-state index contributed by atoms with van der Waals surface area (Å²) in [5.41, 5.74) is 0.741. The number of carboxylic acids is 1. The molecular formula is C18H23N3O5S2. The lowest BCUT2D eigenvalue weighted by molar-refractivity contribution is -0.188. The minimum atomic E-state index is -1.30. The molecule has 1 aromatic carbocycles. The summed E-state index contributed by atoms with van der Waals surface area (Å²) >= 11 is 3.11. The normalized spacial score (nSPS) is 20.4. The fourth-order valence-corrected chi connectivity index (χ4v) is 4.81. The third kappa shape index (κ3) is 5.33. The average molecular weight is 426 g/mol. The molecule has 0 aromatic heterocycles. The van der Waals surface area contributed by atoms with Crippen LogP contribution >= 0.6 is 23.5 Å². The van der Waals surface area contributed by atoms with Gasteiger partial charge in [-0.1, -0.05) is 30.3 Å². The number of hydrogen-bond donors (Lipinski definition) is 2. The Morgan fingerprint density at radius 2 is 1.93 bits per heavy atom. The number of nitrogens with zero attached hydrogens (tertiary/aromatic N) is 2. The highest BCUT2D eigenvalue weighted by Gasteiger charge is 2.39. The Morgan fingerprint density at radius 1 is 1.21 bits per heavy atom. The van der Waals surface area contributed by atoms with Crippen LogP contribution in [0.15, 0.2) is 30.3 Å². The largest absolute Gasteiger partial charge is 0.480 e. The van der Waals surface area contributed by atoms with E-state index in [9.17, 15) is 19.5 Å². The van der Waals surface area contributed by atoms with Crippen LogP contribution in [-0.4, -0.2) is 81.3 Å². The van der Waals surface area contributed by atoms with E-state index in [-0.39, 0.29) is 6.42 Å². The number of rotatable bonds is 5. The fourth-order valence-electron chi connectivity index (χ4n) is 2.96. The molecule has 2 fully saturated rings. The summed E-state index contributed by atoms with van der Waals surface area (Å²) < 4.78 is 0. The number of amides is 2. The minimum absolute atomic E-state index is 0.0441. The van der Waals surface area contributed by atoms with Crippen molar-refractivity contribution in [3.05, 3.63) is 35.9 Å². The van der Waals surface area contributed by atoms with Gasteiger partial charge in [0.15, 0.2) is 6.04 Å². The summed E-state index contributed by atoms with van der Waals surface area (Å²) in [4.78, 5) is 44.5. The molecule has 152 valence electrons. The zero-order chi connectivity index (χ0) is 19.9. The average Bonchev–Trinajstić information content (AvgIpc) is 3.26. The predicted octanol–water partition coefficient (Wildman–Crippen LogP) is 1.27. The number of benzene rings is 1. The smallest absolute Gasteiger partial charge is 0.434 e.